The van der Waals surface area contributed by atoms with Gasteiger partial charge in [-0.05, 0) is 77.0 Å². The van der Waals surface area contributed by atoms with Crippen LogP contribution in [0, 0.1) is 0 Å². The van der Waals surface area contributed by atoms with Gasteiger partial charge in [0.15, 0.2) is 0 Å². The molecule has 3 amide bonds. The van der Waals surface area contributed by atoms with Crippen molar-refractivity contribution in [1.29, 1.82) is 0 Å². The van der Waals surface area contributed by atoms with E-state index in [-0.39, 0.29) is 17.4 Å². The number of carbonyl (C=O) groups is 3. The molecule has 43 heavy (non-hydrogen) atoms. The average Bonchev–Trinajstić information content (AvgIpc) is 3.04. The molecule has 0 aliphatic heterocycles. The lowest BCUT2D eigenvalue weighted by Gasteiger charge is -2.12. The quantitative estimate of drug-likeness (QED) is 0.121. The van der Waals surface area contributed by atoms with E-state index in [1.54, 1.807) is 73.8 Å². The van der Waals surface area contributed by atoms with Crippen LogP contribution in [0.25, 0.3) is 16.8 Å². The van der Waals surface area contributed by atoms with Crippen LogP contribution < -0.4 is 20.7 Å². The highest BCUT2D eigenvalue weighted by atomic mass is 32.2. The maximum atomic E-state index is 13.4. The van der Waals surface area contributed by atoms with Crippen LogP contribution in [0.4, 0.5) is 11.4 Å². The first-order chi connectivity index (χ1) is 21.0. The monoisotopic (exact) mass is 587 g/mol. The summed E-state index contributed by atoms with van der Waals surface area (Å²) in [6.07, 6.45) is 1.59. The van der Waals surface area contributed by atoms with E-state index in [9.17, 15) is 14.4 Å². The lowest BCUT2D eigenvalue weighted by molar-refractivity contribution is -0.114. The number of anilines is 2. The number of hydrogen-bond acceptors (Lipinski definition) is 5. The van der Waals surface area contributed by atoms with Crippen molar-refractivity contribution in [3.8, 4) is 5.75 Å². The van der Waals surface area contributed by atoms with Gasteiger partial charge in [0.05, 0.1) is 12.9 Å². The third-order valence-electron chi connectivity index (χ3n) is 6.43. The van der Waals surface area contributed by atoms with E-state index >= 15 is 0 Å². The van der Waals surface area contributed by atoms with Gasteiger partial charge in [0.2, 0.25) is 5.91 Å². The van der Waals surface area contributed by atoms with Crippen molar-refractivity contribution in [3.05, 3.63) is 138 Å². The van der Waals surface area contributed by atoms with E-state index in [1.807, 2.05) is 60.7 Å². The maximum absolute atomic E-state index is 13.4. The Bertz CT molecular complexity index is 1800. The van der Waals surface area contributed by atoms with Crippen molar-refractivity contribution in [1.82, 2.24) is 5.32 Å². The van der Waals surface area contributed by atoms with E-state index in [2.05, 4.69) is 16.0 Å². The first kappa shape index (κ1) is 29.2. The SMILES string of the molecule is COc1cccc(/C=C(\NC(=O)c2ccccc2)C(=O)Nc2cccc(SCC(=O)Nc3ccc4ccccc4c3)c2)c1. The Kier molecular flexibility index (Phi) is 9.51. The molecule has 5 rings (SSSR count). The molecule has 8 heteroatoms. The lowest BCUT2D eigenvalue weighted by atomic mass is 10.1. The van der Waals surface area contributed by atoms with Gasteiger partial charge in [-0.2, -0.15) is 0 Å². The summed E-state index contributed by atoms with van der Waals surface area (Å²) in [6.45, 7) is 0. The van der Waals surface area contributed by atoms with Gasteiger partial charge in [0.25, 0.3) is 11.8 Å². The molecule has 0 aliphatic rings. The fraction of sp³-hybridized carbons (Fsp3) is 0.0571. The van der Waals surface area contributed by atoms with Crippen LogP contribution in [0.15, 0.2) is 132 Å². The highest BCUT2D eigenvalue weighted by molar-refractivity contribution is 8.00. The molecule has 0 spiro atoms. The van der Waals surface area contributed by atoms with Crippen molar-refractivity contribution in [2.75, 3.05) is 23.5 Å². The van der Waals surface area contributed by atoms with Gasteiger partial charge >= 0.3 is 0 Å². The second kappa shape index (κ2) is 14.0. The van der Waals surface area contributed by atoms with E-state index in [0.29, 0.717) is 22.6 Å². The number of nitrogens with one attached hydrogen (secondary N) is 3. The maximum Gasteiger partial charge on any atom is 0.272 e. The summed E-state index contributed by atoms with van der Waals surface area (Å²) in [5, 5.41) is 10.7. The van der Waals surface area contributed by atoms with Crippen LogP contribution in [0.2, 0.25) is 0 Å². The van der Waals surface area contributed by atoms with Crippen LogP contribution in [-0.2, 0) is 9.59 Å². The number of carbonyl (C=O) groups excluding carboxylic acids is 3. The molecule has 0 aliphatic carbocycles. The summed E-state index contributed by atoms with van der Waals surface area (Å²) in [5.41, 5.74) is 2.43. The van der Waals surface area contributed by atoms with Crippen molar-refractivity contribution >= 4 is 57.7 Å². The van der Waals surface area contributed by atoms with E-state index in [0.717, 1.165) is 21.4 Å². The summed E-state index contributed by atoms with van der Waals surface area (Å²) in [7, 11) is 1.56. The zero-order chi connectivity index (χ0) is 30.0. The highest BCUT2D eigenvalue weighted by Gasteiger charge is 2.16. The van der Waals surface area contributed by atoms with Crippen LogP contribution >= 0.6 is 11.8 Å². The van der Waals surface area contributed by atoms with Gasteiger partial charge in [-0.15, -0.1) is 11.8 Å². The largest absolute Gasteiger partial charge is 0.497 e. The molecule has 214 valence electrons. The first-order valence-corrected chi connectivity index (χ1v) is 14.5. The number of hydrogen-bond donors (Lipinski definition) is 3. The van der Waals surface area contributed by atoms with E-state index in [4.69, 9.17) is 4.74 Å². The van der Waals surface area contributed by atoms with Crippen molar-refractivity contribution < 1.29 is 19.1 Å². The van der Waals surface area contributed by atoms with Crippen molar-refractivity contribution in [2.24, 2.45) is 0 Å². The second-order valence-corrected chi connectivity index (χ2v) is 10.6. The summed E-state index contributed by atoms with van der Waals surface area (Å²) in [6, 6.07) is 36.8. The highest BCUT2D eigenvalue weighted by Crippen LogP contribution is 2.24. The van der Waals surface area contributed by atoms with Crippen LogP contribution in [0.1, 0.15) is 15.9 Å². The molecule has 3 N–H and O–H groups in total. The number of ether oxygens (including phenoxy) is 1. The second-order valence-electron chi connectivity index (χ2n) is 9.54. The number of fused-ring (bicyclic) bond motifs is 1. The van der Waals surface area contributed by atoms with Gasteiger partial charge in [0, 0.05) is 21.8 Å². The Hall–Kier alpha value is -5.34. The zero-order valence-corrected chi connectivity index (χ0v) is 24.2. The molecule has 0 unspecified atom stereocenters. The molecule has 7 nitrogen and oxygen atoms in total. The molecule has 0 atom stereocenters. The topological polar surface area (TPSA) is 96.5 Å². The Morgan fingerprint density at radius 2 is 1.47 bits per heavy atom. The van der Waals surface area contributed by atoms with Crippen LogP contribution in [0.5, 0.6) is 5.75 Å². The van der Waals surface area contributed by atoms with Gasteiger partial charge in [-0.25, -0.2) is 0 Å². The predicted molar refractivity (Wildman–Crippen MR) is 173 cm³/mol. The first-order valence-electron chi connectivity index (χ1n) is 13.5. The third kappa shape index (κ3) is 8.12. The summed E-state index contributed by atoms with van der Waals surface area (Å²) >= 11 is 1.35. The normalized spacial score (nSPS) is 11.0. The smallest absolute Gasteiger partial charge is 0.272 e. The molecular weight excluding hydrogens is 558 g/mol. The fourth-order valence-corrected chi connectivity index (χ4v) is 5.07. The van der Waals surface area contributed by atoms with Crippen LogP contribution in [0.3, 0.4) is 0 Å². The zero-order valence-electron chi connectivity index (χ0n) is 23.4. The van der Waals surface area contributed by atoms with Gasteiger partial charge < -0.3 is 20.7 Å². The minimum atomic E-state index is -0.497. The number of benzene rings is 5. The Balaban J connectivity index is 1.26. The number of amides is 3. The van der Waals surface area contributed by atoms with Crippen LogP contribution in [-0.4, -0.2) is 30.6 Å². The molecule has 0 fully saturated rings. The summed E-state index contributed by atoms with van der Waals surface area (Å²) < 4.78 is 5.30. The van der Waals surface area contributed by atoms with Crippen molar-refractivity contribution in [3.63, 3.8) is 0 Å². The molecule has 0 bridgehead atoms. The molecule has 0 radical (unpaired) electrons. The molecule has 0 saturated carbocycles. The van der Waals surface area contributed by atoms with Gasteiger partial charge in [0.1, 0.15) is 11.4 Å². The minimum absolute atomic E-state index is 0.0647. The fourth-order valence-electron chi connectivity index (χ4n) is 4.32. The molecule has 0 saturated heterocycles. The lowest BCUT2D eigenvalue weighted by Crippen LogP contribution is -2.30. The van der Waals surface area contributed by atoms with Gasteiger partial charge in [-0.1, -0.05) is 66.7 Å². The molecule has 0 aromatic heterocycles. The summed E-state index contributed by atoms with van der Waals surface area (Å²) in [5.74, 6) is -0.229. The van der Waals surface area contributed by atoms with E-state index < -0.39 is 11.8 Å². The number of rotatable bonds is 10. The number of methoxy groups -OCH3 is 1. The Labute approximate surface area is 254 Å². The predicted octanol–water partition coefficient (Wildman–Crippen LogP) is 6.99. The Morgan fingerprint density at radius 1 is 0.721 bits per heavy atom. The molecular formula is C35H29N3O4S. The average molecular weight is 588 g/mol. The molecule has 5 aromatic rings. The Morgan fingerprint density at radius 3 is 2.28 bits per heavy atom. The van der Waals surface area contributed by atoms with Crippen molar-refractivity contribution in [2.45, 2.75) is 4.90 Å². The third-order valence-corrected chi connectivity index (χ3v) is 7.42. The standard InChI is InChI=1S/C35H29N3O4S/c1-42-30-15-7-9-24(19-30)20-32(38-34(40)26-11-3-2-4-12-26)35(41)37-28-14-8-16-31(22-28)43-23-33(39)36-29-18-17-25-10-5-6-13-27(25)21-29/h2-22H,23H2,1H3,(H,36,39)(H,37,41)(H,38,40)/b32-20-. The van der Waals surface area contributed by atoms with E-state index in [1.165, 1.54) is 11.8 Å². The minimum Gasteiger partial charge on any atom is -0.497 e. The molecule has 0 heterocycles. The van der Waals surface area contributed by atoms with Gasteiger partial charge in [-0.3, -0.25) is 14.4 Å². The molecule has 5 aromatic carbocycles. The summed E-state index contributed by atoms with van der Waals surface area (Å²) in [4.78, 5) is 39.8. The number of thioether (sulfide) groups is 1.